The van der Waals surface area contributed by atoms with E-state index in [1.807, 2.05) is 52.0 Å². The first-order valence-corrected chi connectivity index (χ1v) is 8.89. The minimum Gasteiger partial charge on any atom is -0.344 e. The molecular weight excluding hydrogens is 314 g/mol. The third-order valence-electron chi connectivity index (χ3n) is 4.24. The molecule has 1 heterocycles. The van der Waals surface area contributed by atoms with Crippen LogP contribution in [0.3, 0.4) is 0 Å². The van der Waals surface area contributed by atoms with E-state index in [2.05, 4.69) is 29.3 Å². The molecule has 0 spiro atoms. The highest BCUT2D eigenvalue weighted by Crippen LogP contribution is 2.27. The summed E-state index contributed by atoms with van der Waals surface area (Å²) in [6.45, 7) is 12.4. The molecule has 2 rings (SSSR count). The van der Waals surface area contributed by atoms with E-state index in [1.165, 1.54) is 5.56 Å². The summed E-state index contributed by atoms with van der Waals surface area (Å²) < 4.78 is 5.49. The van der Waals surface area contributed by atoms with Gasteiger partial charge in [-0.05, 0) is 18.3 Å². The van der Waals surface area contributed by atoms with Crippen molar-refractivity contribution in [1.29, 1.82) is 0 Å². The first kappa shape index (κ1) is 19.2. The van der Waals surface area contributed by atoms with Crippen LogP contribution in [0, 0.1) is 18.3 Å². The monoisotopic (exact) mass is 343 g/mol. The van der Waals surface area contributed by atoms with Crippen molar-refractivity contribution in [3.8, 4) is 11.4 Å². The smallest absolute Gasteiger partial charge is 0.249 e. The lowest BCUT2D eigenvalue weighted by molar-refractivity contribution is -0.124. The number of carbonyl (C=O) groups is 1. The molecular formula is C20H29N3O2. The lowest BCUT2D eigenvalue weighted by Gasteiger charge is -2.23. The molecule has 1 N–H and O–H groups in total. The maximum atomic E-state index is 12.4. The number of hydrogen-bond donors (Lipinski definition) is 1. The second-order valence-corrected chi connectivity index (χ2v) is 7.99. The molecule has 2 aromatic rings. The number of benzene rings is 1. The predicted molar refractivity (Wildman–Crippen MR) is 98.9 cm³/mol. The van der Waals surface area contributed by atoms with Crippen LogP contribution < -0.4 is 5.32 Å². The number of nitrogens with one attached hydrogen (secondary N) is 1. The van der Waals surface area contributed by atoms with E-state index in [0.29, 0.717) is 18.1 Å². The molecule has 0 radical (unpaired) electrons. The van der Waals surface area contributed by atoms with Crippen LogP contribution in [0.1, 0.15) is 65.0 Å². The molecule has 5 nitrogen and oxygen atoms in total. The fraction of sp³-hybridized carbons (Fsp3) is 0.550. The summed E-state index contributed by atoms with van der Waals surface area (Å²) in [4.78, 5) is 16.9. The van der Waals surface area contributed by atoms with Crippen molar-refractivity contribution in [2.75, 3.05) is 0 Å². The number of rotatable bonds is 6. The Morgan fingerprint density at radius 3 is 2.44 bits per heavy atom. The second-order valence-electron chi connectivity index (χ2n) is 7.99. The average Bonchev–Trinajstić information content (AvgIpc) is 3.00. The van der Waals surface area contributed by atoms with Crippen molar-refractivity contribution < 1.29 is 9.32 Å². The largest absolute Gasteiger partial charge is 0.344 e. The lowest BCUT2D eigenvalue weighted by atomic mass is 9.91. The van der Waals surface area contributed by atoms with Gasteiger partial charge in [0, 0.05) is 12.0 Å². The number of carbonyl (C=O) groups excluding carboxylic acids is 1. The summed E-state index contributed by atoms with van der Waals surface area (Å²) in [5, 5.41) is 7.18. The van der Waals surface area contributed by atoms with Crippen LogP contribution in [-0.2, 0) is 4.79 Å². The molecule has 0 fully saturated rings. The zero-order valence-corrected chi connectivity index (χ0v) is 16.1. The van der Waals surface area contributed by atoms with Crippen LogP contribution in [0.15, 0.2) is 28.8 Å². The van der Waals surface area contributed by atoms with Gasteiger partial charge in [-0.3, -0.25) is 4.79 Å². The average molecular weight is 343 g/mol. The van der Waals surface area contributed by atoms with Crippen LogP contribution in [0.2, 0.25) is 0 Å². The highest BCUT2D eigenvalue weighted by molar-refractivity contribution is 5.77. The molecule has 1 amide bonds. The van der Waals surface area contributed by atoms with E-state index >= 15 is 0 Å². The highest BCUT2D eigenvalue weighted by Gasteiger charge is 2.27. The Hall–Kier alpha value is -2.17. The molecule has 2 unspecified atom stereocenters. The van der Waals surface area contributed by atoms with Crippen LogP contribution >= 0.6 is 0 Å². The van der Waals surface area contributed by atoms with Gasteiger partial charge in [0.25, 0.3) is 0 Å². The van der Waals surface area contributed by atoms with E-state index in [-0.39, 0.29) is 23.3 Å². The number of amides is 1. The van der Waals surface area contributed by atoms with Crippen LogP contribution in [0.4, 0.5) is 0 Å². The van der Waals surface area contributed by atoms with Gasteiger partial charge >= 0.3 is 0 Å². The first-order valence-electron chi connectivity index (χ1n) is 8.89. The van der Waals surface area contributed by atoms with Gasteiger partial charge in [0.2, 0.25) is 17.6 Å². The Morgan fingerprint density at radius 1 is 1.24 bits per heavy atom. The quantitative estimate of drug-likeness (QED) is 0.826. The molecule has 1 aromatic heterocycles. The third kappa shape index (κ3) is 5.41. The number of aryl methyl sites for hydroxylation is 1. The topological polar surface area (TPSA) is 68.0 Å². The van der Waals surface area contributed by atoms with E-state index in [4.69, 9.17) is 4.52 Å². The molecule has 0 aliphatic carbocycles. The standard InChI is InChI=1S/C20H29N3O2/c1-7-14(3)17(21-16(24)12-20(4,5)6)19-22-18(23-25-19)15-10-8-13(2)9-11-15/h8-11,14,17H,7,12H2,1-6H3,(H,21,24). The maximum Gasteiger partial charge on any atom is 0.249 e. The minimum absolute atomic E-state index is 0.00730. The Labute approximate surface area is 150 Å². The fourth-order valence-electron chi connectivity index (χ4n) is 2.57. The summed E-state index contributed by atoms with van der Waals surface area (Å²) in [5.41, 5.74) is 2.02. The molecule has 5 heteroatoms. The highest BCUT2D eigenvalue weighted by atomic mass is 16.5. The van der Waals surface area contributed by atoms with E-state index in [1.54, 1.807) is 0 Å². The van der Waals surface area contributed by atoms with Crippen molar-refractivity contribution in [2.45, 2.75) is 60.4 Å². The Bertz CT molecular complexity index is 698. The Balaban J connectivity index is 2.21. The second kappa shape index (κ2) is 7.81. The summed E-state index contributed by atoms with van der Waals surface area (Å²) in [6, 6.07) is 7.71. The van der Waals surface area contributed by atoms with Gasteiger partial charge in [-0.15, -0.1) is 0 Å². The van der Waals surface area contributed by atoms with Crippen molar-refractivity contribution in [3.05, 3.63) is 35.7 Å². The molecule has 1 aromatic carbocycles. The molecule has 0 aliphatic rings. The van der Waals surface area contributed by atoms with Crippen LogP contribution in [-0.4, -0.2) is 16.0 Å². The van der Waals surface area contributed by atoms with Gasteiger partial charge in [-0.1, -0.05) is 76.0 Å². The normalized spacial score (nSPS) is 14.2. The van der Waals surface area contributed by atoms with Gasteiger partial charge in [-0.25, -0.2) is 0 Å². The van der Waals surface area contributed by atoms with Gasteiger partial charge in [0.05, 0.1) is 0 Å². The summed E-state index contributed by atoms with van der Waals surface area (Å²) in [7, 11) is 0. The van der Waals surface area contributed by atoms with Gasteiger partial charge in [0.1, 0.15) is 6.04 Å². The van der Waals surface area contributed by atoms with Crippen molar-refractivity contribution in [2.24, 2.45) is 11.3 Å². The molecule has 0 saturated carbocycles. The molecule has 136 valence electrons. The van der Waals surface area contributed by atoms with Crippen LogP contribution in [0.5, 0.6) is 0 Å². The number of nitrogens with zero attached hydrogens (tertiary/aromatic N) is 2. The fourth-order valence-corrected chi connectivity index (χ4v) is 2.57. The Kier molecular flexibility index (Phi) is 5.98. The van der Waals surface area contributed by atoms with Crippen molar-refractivity contribution in [3.63, 3.8) is 0 Å². The van der Waals surface area contributed by atoms with E-state index in [9.17, 15) is 4.79 Å². The molecule has 25 heavy (non-hydrogen) atoms. The minimum atomic E-state index is -0.272. The van der Waals surface area contributed by atoms with E-state index in [0.717, 1.165) is 12.0 Å². The summed E-state index contributed by atoms with van der Waals surface area (Å²) >= 11 is 0. The first-order chi connectivity index (χ1) is 11.7. The van der Waals surface area contributed by atoms with Crippen LogP contribution in [0.25, 0.3) is 11.4 Å². The zero-order chi connectivity index (χ0) is 18.6. The van der Waals surface area contributed by atoms with Gasteiger partial charge in [0.15, 0.2) is 0 Å². The Morgan fingerprint density at radius 2 is 1.88 bits per heavy atom. The number of hydrogen-bond acceptors (Lipinski definition) is 4. The van der Waals surface area contributed by atoms with Gasteiger partial charge < -0.3 is 9.84 Å². The van der Waals surface area contributed by atoms with Crippen molar-refractivity contribution >= 4 is 5.91 Å². The third-order valence-corrected chi connectivity index (χ3v) is 4.24. The summed E-state index contributed by atoms with van der Waals surface area (Å²) in [5.74, 6) is 1.23. The predicted octanol–water partition coefficient (Wildman–Crippen LogP) is 4.68. The van der Waals surface area contributed by atoms with E-state index < -0.39 is 0 Å². The summed E-state index contributed by atoms with van der Waals surface area (Å²) in [6.07, 6.45) is 1.36. The maximum absolute atomic E-state index is 12.4. The molecule has 2 atom stereocenters. The van der Waals surface area contributed by atoms with Crippen molar-refractivity contribution in [1.82, 2.24) is 15.5 Å². The SMILES string of the molecule is CCC(C)C(NC(=O)CC(C)(C)C)c1nc(-c2ccc(C)cc2)no1. The number of aromatic nitrogens is 2. The molecule has 0 bridgehead atoms. The van der Waals surface area contributed by atoms with Gasteiger partial charge in [-0.2, -0.15) is 4.98 Å². The molecule has 0 aliphatic heterocycles. The molecule has 0 saturated heterocycles. The lowest BCUT2D eigenvalue weighted by Crippen LogP contribution is -2.34. The zero-order valence-electron chi connectivity index (χ0n) is 16.1.